The van der Waals surface area contributed by atoms with Crippen molar-refractivity contribution in [1.29, 1.82) is 0 Å². The lowest BCUT2D eigenvalue weighted by Crippen LogP contribution is -2.54. The smallest absolute Gasteiger partial charge is 0.335 e. The number of amides is 4. The van der Waals surface area contributed by atoms with Gasteiger partial charge in [0.1, 0.15) is 12.2 Å². The van der Waals surface area contributed by atoms with Gasteiger partial charge in [-0.1, -0.05) is 45.7 Å². The maximum Gasteiger partial charge on any atom is 0.335 e. The number of barbiturate groups is 1. The Hall–Kier alpha value is -3.14. The van der Waals surface area contributed by atoms with Crippen LogP contribution in [0.4, 0.5) is 10.5 Å². The van der Waals surface area contributed by atoms with Gasteiger partial charge in [0.05, 0.1) is 16.8 Å². The third-order valence-electron chi connectivity index (χ3n) is 5.52. The fourth-order valence-electron chi connectivity index (χ4n) is 3.69. The summed E-state index contributed by atoms with van der Waals surface area (Å²) in [5, 5.41) is 2.62. The molecule has 1 fully saturated rings. The first-order valence-corrected chi connectivity index (χ1v) is 13.2. The van der Waals surface area contributed by atoms with Crippen molar-refractivity contribution in [1.82, 2.24) is 5.32 Å². The van der Waals surface area contributed by atoms with Crippen molar-refractivity contribution in [2.24, 2.45) is 0 Å². The first-order valence-electron chi connectivity index (χ1n) is 11.2. The molecule has 3 aromatic rings. The fraction of sp³-hybridized carbons (Fsp3) is 0.148. The molecule has 0 aromatic heterocycles. The van der Waals surface area contributed by atoms with E-state index in [0.717, 1.165) is 14.9 Å². The van der Waals surface area contributed by atoms with Crippen molar-refractivity contribution >= 4 is 73.1 Å². The minimum Gasteiger partial charge on any atom is -0.490 e. The summed E-state index contributed by atoms with van der Waals surface area (Å²) in [5.74, 6) is -0.639. The molecule has 0 aliphatic carbocycles. The van der Waals surface area contributed by atoms with E-state index in [2.05, 4.69) is 37.2 Å². The molecular weight excluding hydrogens is 628 g/mol. The Labute approximate surface area is 235 Å². The van der Waals surface area contributed by atoms with Crippen molar-refractivity contribution in [2.45, 2.75) is 20.5 Å². The average molecular weight is 649 g/mol. The van der Waals surface area contributed by atoms with Gasteiger partial charge >= 0.3 is 6.03 Å². The van der Waals surface area contributed by atoms with Gasteiger partial charge in [-0.3, -0.25) is 14.9 Å². The molecule has 1 heterocycles. The average Bonchev–Trinajstić information content (AvgIpc) is 2.85. The lowest BCUT2D eigenvalue weighted by Gasteiger charge is -2.27. The minimum absolute atomic E-state index is 0.211. The van der Waals surface area contributed by atoms with Crippen LogP contribution in [-0.2, 0) is 16.2 Å². The number of halogens is 3. The van der Waals surface area contributed by atoms with Gasteiger partial charge in [0.2, 0.25) is 0 Å². The van der Waals surface area contributed by atoms with Crippen LogP contribution in [0.5, 0.6) is 11.5 Å². The fourth-order valence-corrected chi connectivity index (χ4v) is 4.70. The highest BCUT2D eigenvalue weighted by Crippen LogP contribution is 2.38. The minimum atomic E-state index is -0.842. The zero-order chi connectivity index (χ0) is 26.7. The monoisotopic (exact) mass is 646 g/mol. The van der Waals surface area contributed by atoms with E-state index in [-0.39, 0.29) is 5.57 Å². The van der Waals surface area contributed by atoms with Crippen LogP contribution in [0.25, 0.3) is 6.08 Å². The molecule has 1 aliphatic heterocycles. The second-order valence-corrected chi connectivity index (χ2v) is 10.2. The molecule has 190 valence electrons. The van der Waals surface area contributed by atoms with E-state index in [4.69, 9.17) is 21.1 Å². The highest BCUT2D eigenvalue weighted by Gasteiger charge is 2.37. The Balaban J connectivity index is 1.67. The number of hydrogen-bond donors (Lipinski definition) is 1. The van der Waals surface area contributed by atoms with Gasteiger partial charge in [-0.05, 0) is 88.9 Å². The molecule has 0 bridgehead atoms. The van der Waals surface area contributed by atoms with Crippen molar-refractivity contribution in [3.8, 4) is 11.5 Å². The third kappa shape index (κ3) is 5.89. The number of urea groups is 1. The van der Waals surface area contributed by atoms with E-state index in [1.165, 1.54) is 6.08 Å². The second-order valence-electron chi connectivity index (χ2n) is 8.02. The zero-order valence-electron chi connectivity index (χ0n) is 19.8. The van der Waals surface area contributed by atoms with Crippen LogP contribution in [0.2, 0.25) is 5.02 Å². The molecule has 1 N–H and O–H groups in total. The zero-order valence-corrected chi connectivity index (χ0v) is 23.7. The number of anilines is 1. The Bertz CT molecular complexity index is 1420. The molecule has 0 saturated carbocycles. The highest BCUT2D eigenvalue weighted by atomic mass is 79.9. The van der Waals surface area contributed by atoms with E-state index >= 15 is 0 Å². The van der Waals surface area contributed by atoms with Crippen molar-refractivity contribution in [2.75, 3.05) is 11.5 Å². The number of ether oxygens (including phenoxy) is 2. The van der Waals surface area contributed by atoms with Gasteiger partial charge in [0, 0.05) is 9.50 Å². The molecule has 0 radical (unpaired) electrons. The number of carbonyl (C=O) groups excluding carboxylic acids is 3. The third-order valence-corrected chi connectivity index (χ3v) is 7.05. The first-order chi connectivity index (χ1) is 17.7. The second kappa shape index (κ2) is 11.5. The molecule has 4 rings (SSSR count). The van der Waals surface area contributed by atoms with Gasteiger partial charge in [0.25, 0.3) is 11.8 Å². The molecule has 7 nitrogen and oxygen atoms in total. The number of rotatable bonds is 7. The Morgan fingerprint density at radius 2 is 1.76 bits per heavy atom. The number of imide groups is 2. The van der Waals surface area contributed by atoms with E-state index < -0.39 is 17.8 Å². The van der Waals surface area contributed by atoms with Crippen molar-refractivity contribution < 1.29 is 23.9 Å². The van der Waals surface area contributed by atoms with E-state index in [1.807, 2.05) is 31.2 Å². The number of carbonyl (C=O) groups is 3. The molecule has 4 amide bonds. The normalized spacial score (nSPS) is 14.7. The summed E-state index contributed by atoms with van der Waals surface area (Å²) in [5.41, 5.74) is 2.09. The van der Waals surface area contributed by atoms with Crippen LogP contribution in [0.1, 0.15) is 23.6 Å². The molecule has 0 unspecified atom stereocenters. The van der Waals surface area contributed by atoms with Gasteiger partial charge in [-0.15, -0.1) is 0 Å². The molecule has 1 aliphatic rings. The van der Waals surface area contributed by atoms with Gasteiger partial charge in [-0.25, -0.2) is 9.69 Å². The van der Waals surface area contributed by atoms with Gasteiger partial charge in [-0.2, -0.15) is 0 Å². The lowest BCUT2D eigenvalue weighted by molar-refractivity contribution is -0.122. The summed E-state index contributed by atoms with van der Waals surface area (Å²) >= 11 is 13.1. The Kier molecular flexibility index (Phi) is 8.36. The summed E-state index contributed by atoms with van der Waals surface area (Å²) in [6.45, 7) is 4.21. The Morgan fingerprint density at radius 1 is 1.03 bits per heavy atom. The largest absolute Gasteiger partial charge is 0.490 e. The quantitative estimate of drug-likeness (QED) is 0.225. The van der Waals surface area contributed by atoms with Crippen LogP contribution < -0.4 is 19.7 Å². The number of benzene rings is 3. The number of nitrogens with one attached hydrogen (secondary N) is 1. The maximum atomic E-state index is 13.3. The predicted molar refractivity (Wildman–Crippen MR) is 149 cm³/mol. The molecule has 0 atom stereocenters. The predicted octanol–water partition coefficient (Wildman–Crippen LogP) is 6.82. The molecule has 37 heavy (non-hydrogen) atoms. The van der Waals surface area contributed by atoms with Crippen LogP contribution in [0.15, 0.2) is 69.1 Å². The van der Waals surface area contributed by atoms with Crippen molar-refractivity contribution in [3.05, 3.63) is 90.8 Å². The summed E-state index contributed by atoms with van der Waals surface area (Å²) in [6.07, 6.45) is 1.41. The molecule has 3 aromatic carbocycles. The maximum absolute atomic E-state index is 13.3. The first kappa shape index (κ1) is 26.9. The van der Waals surface area contributed by atoms with Gasteiger partial charge < -0.3 is 9.47 Å². The van der Waals surface area contributed by atoms with E-state index in [9.17, 15) is 14.4 Å². The Morgan fingerprint density at radius 3 is 2.46 bits per heavy atom. The van der Waals surface area contributed by atoms with Gasteiger partial charge in [0.15, 0.2) is 11.5 Å². The molecular formula is C27H21Br2ClN2O5. The highest BCUT2D eigenvalue weighted by molar-refractivity contribution is 9.10. The number of hydrogen-bond acceptors (Lipinski definition) is 5. The van der Waals surface area contributed by atoms with Crippen LogP contribution in [0, 0.1) is 6.92 Å². The SMILES string of the molecule is CCOc1cc(/C=C2\C(=O)NC(=O)N(c3cccc(Cl)c3C)C2=O)cc(Br)c1OCc1ccc(Br)cc1. The summed E-state index contributed by atoms with van der Waals surface area (Å²) in [6, 6.07) is 15.2. The lowest BCUT2D eigenvalue weighted by atomic mass is 10.1. The summed E-state index contributed by atoms with van der Waals surface area (Å²) in [7, 11) is 0. The standard InChI is InChI=1S/C27H21Br2ClN2O5/c1-3-36-23-13-17(12-20(29)24(23)37-14-16-7-9-18(28)10-8-16)11-19-25(33)31-27(35)32(26(19)34)22-6-4-5-21(30)15(22)2/h4-13H,3,14H2,1-2H3,(H,31,33,35)/b19-11+. The van der Waals surface area contributed by atoms with Crippen molar-refractivity contribution in [3.63, 3.8) is 0 Å². The molecule has 0 spiro atoms. The number of nitrogens with zero attached hydrogens (tertiary/aromatic N) is 1. The topological polar surface area (TPSA) is 84.9 Å². The van der Waals surface area contributed by atoms with E-state index in [0.29, 0.717) is 51.0 Å². The summed E-state index contributed by atoms with van der Waals surface area (Å²) in [4.78, 5) is 39.5. The molecule has 1 saturated heterocycles. The van der Waals surface area contributed by atoms with Crippen LogP contribution in [-0.4, -0.2) is 24.5 Å². The summed E-state index contributed by atoms with van der Waals surface area (Å²) < 4.78 is 13.4. The molecule has 10 heteroatoms. The van der Waals surface area contributed by atoms with Crippen LogP contribution >= 0.6 is 43.5 Å². The van der Waals surface area contributed by atoms with E-state index in [1.54, 1.807) is 37.3 Å². The van der Waals surface area contributed by atoms with Crippen LogP contribution in [0.3, 0.4) is 0 Å².